The lowest BCUT2D eigenvalue weighted by Gasteiger charge is -2.23. The van der Waals surface area contributed by atoms with Gasteiger partial charge in [0.1, 0.15) is 0 Å². The van der Waals surface area contributed by atoms with Crippen molar-refractivity contribution in [3.05, 3.63) is 70.7 Å². The van der Waals surface area contributed by atoms with Crippen LogP contribution < -0.4 is 5.73 Å². The van der Waals surface area contributed by atoms with Gasteiger partial charge in [-0.1, -0.05) is 60.1 Å². The van der Waals surface area contributed by atoms with E-state index in [4.69, 9.17) is 17.3 Å². The van der Waals surface area contributed by atoms with Crippen molar-refractivity contribution >= 4 is 29.9 Å². The van der Waals surface area contributed by atoms with Gasteiger partial charge in [-0.3, -0.25) is 4.79 Å². The Labute approximate surface area is 148 Å². The van der Waals surface area contributed by atoms with E-state index < -0.39 is 0 Å². The molecule has 0 aliphatic carbocycles. The monoisotopic (exact) mass is 352 g/mol. The Morgan fingerprint density at radius 1 is 1.04 bits per heavy atom. The Kier molecular flexibility index (Phi) is 8.70. The van der Waals surface area contributed by atoms with Crippen LogP contribution in [0.25, 0.3) is 0 Å². The molecule has 5 heteroatoms. The quantitative estimate of drug-likeness (QED) is 0.825. The normalized spacial score (nSPS) is 10.0. The van der Waals surface area contributed by atoms with E-state index in [0.717, 1.165) is 17.5 Å². The molecule has 0 aliphatic rings. The molecule has 3 nitrogen and oxygen atoms in total. The standard InChI is InChI=1S/C18H21ClN2O.ClH/c19-17-10-5-4-9-16(17)13-18(22)21(12-6-11-20)14-15-7-2-1-3-8-15;/h1-5,7-10H,6,11-14,20H2;1H. The minimum atomic E-state index is 0. The molecule has 2 aromatic carbocycles. The summed E-state index contributed by atoms with van der Waals surface area (Å²) in [6, 6.07) is 17.5. The predicted molar refractivity (Wildman–Crippen MR) is 97.9 cm³/mol. The molecule has 0 aliphatic heterocycles. The Morgan fingerprint density at radius 3 is 2.35 bits per heavy atom. The fourth-order valence-corrected chi connectivity index (χ4v) is 2.50. The molecule has 0 atom stereocenters. The zero-order chi connectivity index (χ0) is 15.8. The van der Waals surface area contributed by atoms with Gasteiger partial charge in [0.25, 0.3) is 0 Å². The third-order valence-electron chi connectivity index (χ3n) is 3.50. The Morgan fingerprint density at radius 2 is 1.70 bits per heavy atom. The van der Waals surface area contributed by atoms with E-state index in [2.05, 4.69) is 0 Å². The average Bonchev–Trinajstić information content (AvgIpc) is 2.54. The van der Waals surface area contributed by atoms with E-state index in [1.54, 1.807) is 0 Å². The summed E-state index contributed by atoms with van der Waals surface area (Å²) in [5.74, 6) is 0.0744. The fraction of sp³-hybridized carbons (Fsp3) is 0.278. The van der Waals surface area contributed by atoms with Crippen molar-refractivity contribution in [3.8, 4) is 0 Å². The van der Waals surface area contributed by atoms with E-state index in [0.29, 0.717) is 31.1 Å². The number of halogens is 2. The zero-order valence-electron chi connectivity index (χ0n) is 13.0. The highest BCUT2D eigenvalue weighted by Gasteiger charge is 2.15. The highest BCUT2D eigenvalue weighted by molar-refractivity contribution is 6.31. The van der Waals surface area contributed by atoms with Gasteiger partial charge in [-0.15, -0.1) is 12.4 Å². The summed E-state index contributed by atoms with van der Waals surface area (Å²) in [7, 11) is 0. The molecule has 0 spiro atoms. The van der Waals surface area contributed by atoms with Crippen molar-refractivity contribution in [2.45, 2.75) is 19.4 Å². The summed E-state index contributed by atoms with van der Waals surface area (Å²) >= 11 is 6.15. The predicted octanol–water partition coefficient (Wildman–Crippen LogP) is 3.68. The summed E-state index contributed by atoms with van der Waals surface area (Å²) in [6.45, 7) is 1.84. The minimum absolute atomic E-state index is 0. The number of amides is 1. The number of rotatable bonds is 7. The number of nitrogens with two attached hydrogens (primary N) is 1. The SMILES string of the molecule is Cl.NCCCN(Cc1ccccc1)C(=O)Cc1ccccc1Cl. The van der Waals surface area contributed by atoms with Crippen molar-refractivity contribution in [2.75, 3.05) is 13.1 Å². The van der Waals surface area contributed by atoms with Crippen molar-refractivity contribution in [1.29, 1.82) is 0 Å². The van der Waals surface area contributed by atoms with E-state index in [9.17, 15) is 4.79 Å². The fourth-order valence-electron chi connectivity index (χ4n) is 2.29. The maximum absolute atomic E-state index is 12.6. The third-order valence-corrected chi connectivity index (χ3v) is 3.87. The summed E-state index contributed by atoms with van der Waals surface area (Å²) in [5.41, 5.74) is 7.57. The molecule has 2 rings (SSSR count). The summed E-state index contributed by atoms with van der Waals surface area (Å²) in [4.78, 5) is 14.5. The molecule has 23 heavy (non-hydrogen) atoms. The molecule has 0 unspecified atom stereocenters. The van der Waals surface area contributed by atoms with Crippen molar-refractivity contribution < 1.29 is 4.79 Å². The van der Waals surface area contributed by atoms with Gasteiger partial charge in [0.15, 0.2) is 0 Å². The molecule has 2 N–H and O–H groups in total. The topological polar surface area (TPSA) is 46.3 Å². The zero-order valence-corrected chi connectivity index (χ0v) is 14.5. The van der Waals surface area contributed by atoms with Crippen LogP contribution in [0.2, 0.25) is 5.02 Å². The van der Waals surface area contributed by atoms with Crippen LogP contribution in [0.3, 0.4) is 0 Å². The molecule has 2 aromatic rings. The minimum Gasteiger partial charge on any atom is -0.338 e. The first-order valence-electron chi connectivity index (χ1n) is 7.46. The third kappa shape index (κ3) is 6.22. The Bertz CT molecular complexity index is 605. The van der Waals surface area contributed by atoms with Crippen LogP contribution in [0.5, 0.6) is 0 Å². The lowest BCUT2D eigenvalue weighted by atomic mass is 10.1. The molecule has 0 radical (unpaired) electrons. The molecule has 0 bridgehead atoms. The van der Waals surface area contributed by atoms with E-state index >= 15 is 0 Å². The van der Waals surface area contributed by atoms with Crippen molar-refractivity contribution in [3.63, 3.8) is 0 Å². The lowest BCUT2D eigenvalue weighted by Crippen LogP contribution is -2.33. The molecular formula is C18H22Cl2N2O. The Balaban J connectivity index is 0.00000264. The molecule has 124 valence electrons. The largest absolute Gasteiger partial charge is 0.338 e. The van der Waals surface area contributed by atoms with Gasteiger partial charge in [0.05, 0.1) is 6.42 Å². The number of hydrogen-bond donors (Lipinski definition) is 1. The van der Waals surface area contributed by atoms with E-state index in [1.165, 1.54) is 0 Å². The van der Waals surface area contributed by atoms with Gasteiger partial charge in [0.2, 0.25) is 5.91 Å². The van der Waals surface area contributed by atoms with Crippen LogP contribution in [-0.4, -0.2) is 23.9 Å². The first kappa shape index (κ1) is 19.5. The Hall–Kier alpha value is -1.55. The number of carbonyl (C=O) groups excluding carboxylic acids is 1. The number of benzene rings is 2. The summed E-state index contributed by atoms with van der Waals surface area (Å²) in [6.07, 6.45) is 1.11. The van der Waals surface area contributed by atoms with Gasteiger partial charge in [-0.05, 0) is 30.2 Å². The summed E-state index contributed by atoms with van der Waals surface area (Å²) < 4.78 is 0. The number of hydrogen-bond acceptors (Lipinski definition) is 2. The van der Waals surface area contributed by atoms with Crippen LogP contribution in [0.4, 0.5) is 0 Å². The van der Waals surface area contributed by atoms with Crippen LogP contribution in [0.15, 0.2) is 54.6 Å². The molecule has 1 amide bonds. The van der Waals surface area contributed by atoms with Crippen molar-refractivity contribution in [2.24, 2.45) is 5.73 Å². The highest BCUT2D eigenvalue weighted by Crippen LogP contribution is 2.17. The maximum atomic E-state index is 12.6. The van der Waals surface area contributed by atoms with Gasteiger partial charge in [-0.25, -0.2) is 0 Å². The second kappa shape index (κ2) is 10.3. The van der Waals surface area contributed by atoms with Gasteiger partial charge >= 0.3 is 0 Å². The molecule has 0 aromatic heterocycles. The molecular weight excluding hydrogens is 331 g/mol. The highest BCUT2D eigenvalue weighted by atomic mass is 35.5. The van der Waals surface area contributed by atoms with Crippen LogP contribution in [0, 0.1) is 0 Å². The molecule has 0 heterocycles. The first-order chi connectivity index (χ1) is 10.7. The average molecular weight is 353 g/mol. The van der Waals surface area contributed by atoms with Gasteiger partial charge in [-0.2, -0.15) is 0 Å². The van der Waals surface area contributed by atoms with Crippen LogP contribution >= 0.6 is 24.0 Å². The van der Waals surface area contributed by atoms with Crippen LogP contribution in [-0.2, 0) is 17.8 Å². The van der Waals surface area contributed by atoms with E-state index in [1.807, 2.05) is 59.5 Å². The number of nitrogens with zero attached hydrogens (tertiary/aromatic N) is 1. The number of carbonyl (C=O) groups is 1. The van der Waals surface area contributed by atoms with Crippen LogP contribution in [0.1, 0.15) is 17.5 Å². The smallest absolute Gasteiger partial charge is 0.227 e. The second-order valence-corrected chi connectivity index (χ2v) is 5.62. The lowest BCUT2D eigenvalue weighted by molar-refractivity contribution is -0.131. The van der Waals surface area contributed by atoms with Gasteiger partial charge in [0, 0.05) is 18.1 Å². The first-order valence-corrected chi connectivity index (χ1v) is 7.83. The summed E-state index contributed by atoms with van der Waals surface area (Å²) in [5, 5.41) is 0.634. The molecule has 0 fully saturated rings. The second-order valence-electron chi connectivity index (χ2n) is 5.21. The molecule has 0 saturated heterocycles. The van der Waals surface area contributed by atoms with Gasteiger partial charge < -0.3 is 10.6 Å². The van der Waals surface area contributed by atoms with Crippen molar-refractivity contribution in [1.82, 2.24) is 4.90 Å². The van der Waals surface area contributed by atoms with E-state index in [-0.39, 0.29) is 18.3 Å². The maximum Gasteiger partial charge on any atom is 0.227 e. The molecule has 0 saturated carbocycles.